The second kappa shape index (κ2) is 6.19. The van der Waals surface area contributed by atoms with Crippen molar-refractivity contribution in [1.82, 2.24) is 9.88 Å². The SMILES string of the molecule is N#C[C@@H]1C[C@@H]2C[C@@H]2N1C(=O)Cc1cc(C(N)=O)c2cc(C(F)(F)F)ccc2n1. The summed E-state index contributed by atoms with van der Waals surface area (Å²) in [7, 11) is 0. The highest BCUT2D eigenvalue weighted by molar-refractivity contribution is 6.05. The molecule has 3 atom stereocenters. The standard InChI is InChI=1S/C19H15F3N4O2/c20-19(21,22)10-1-2-15-13(5-10)14(18(24)28)6-11(25-15)7-17(27)26-12(8-23)3-9-4-16(9)26/h1-2,5-6,9,12,16H,3-4,7H2,(H2,24,28)/t9-,12+,16+/m1/s1. The van der Waals surface area contributed by atoms with Crippen molar-refractivity contribution in [1.29, 1.82) is 5.26 Å². The fraction of sp³-hybridized carbons (Fsp3) is 0.368. The topological polar surface area (TPSA) is 100 Å². The molecule has 1 aromatic carbocycles. The number of benzene rings is 1. The summed E-state index contributed by atoms with van der Waals surface area (Å²) in [6, 6.07) is 5.83. The molecular weight excluding hydrogens is 373 g/mol. The Bertz CT molecular complexity index is 1040. The van der Waals surface area contributed by atoms with Crippen molar-refractivity contribution in [2.24, 2.45) is 11.7 Å². The summed E-state index contributed by atoms with van der Waals surface area (Å²) < 4.78 is 38.9. The molecule has 4 rings (SSSR count). The molecule has 0 spiro atoms. The minimum Gasteiger partial charge on any atom is -0.366 e. The number of nitriles is 1. The first-order valence-corrected chi connectivity index (χ1v) is 8.70. The maximum atomic E-state index is 13.0. The van der Waals surface area contributed by atoms with E-state index in [4.69, 9.17) is 5.73 Å². The highest BCUT2D eigenvalue weighted by Crippen LogP contribution is 2.47. The molecule has 1 saturated heterocycles. The van der Waals surface area contributed by atoms with E-state index in [2.05, 4.69) is 11.1 Å². The lowest BCUT2D eigenvalue weighted by molar-refractivity contribution is -0.137. The normalized spacial score (nSPS) is 23.4. The smallest absolute Gasteiger partial charge is 0.366 e. The zero-order valence-electron chi connectivity index (χ0n) is 14.5. The Morgan fingerprint density at radius 2 is 2.04 bits per heavy atom. The lowest BCUT2D eigenvalue weighted by Gasteiger charge is -2.22. The number of hydrogen-bond acceptors (Lipinski definition) is 4. The number of amides is 2. The first kappa shape index (κ1) is 18.2. The van der Waals surface area contributed by atoms with Crippen LogP contribution in [0.2, 0.25) is 0 Å². The van der Waals surface area contributed by atoms with Crippen molar-refractivity contribution in [2.75, 3.05) is 0 Å². The van der Waals surface area contributed by atoms with Crippen LogP contribution in [0.4, 0.5) is 13.2 Å². The van der Waals surface area contributed by atoms with Crippen molar-refractivity contribution < 1.29 is 22.8 Å². The minimum absolute atomic E-state index is 0.0168. The number of likely N-dealkylation sites (tertiary alicyclic amines) is 1. The Morgan fingerprint density at radius 3 is 2.68 bits per heavy atom. The quantitative estimate of drug-likeness (QED) is 0.873. The average molecular weight is 388 g/mol. The number of nitrogens with zero attached hydrogens (tertiary/aromatic N) is 3. The summed E-state index contributed by atoms with van der Waals surface area (Å²) in [5, 5.41) is 9.21. The molecule has 2 fully saturated rings. The maximum absolute atomic E-state index is 13.0. The van der Waals surface area contributed by atoms with Gasteiger partial charge in [0.05, 0.1) is 34.8 Å². The number of hydrogen-bond donors (Lipinski definition) is 1. The molecule has 0 radical (unpaired) electrons. The van der Waals surface area contributed by atoms with Crippen LogP contribution in [0.5, 0.6) is 0 Å². The van der Waals surface area contributed by atoms with Gasteiger partial charge in [0, 0.05) is 11.4 Å². The summed E-state index contributed by atoms with van der Waals surface area (Å²) >= 11 is 0. The van der Waals surface area contributed by atoms with Crippen molar-refractivity contribution in [2.45, 2.75) is 37.5 Å². The number of carbonyl (C=O) groups excluding carboxylic acids is 2. The van der Waals surface area contributed by atoms with Crippen molar-refractivity contribution in [3.63, 3.8) is 0 Å². The van der Waals surface area contributed by atoms with Crippen LogP contribution in [0, 0.1) is 17.2 Å². The van der Waals surface area contributed by atoms with E-state index in [0.29, 0.717) is 12.3 Å². The van der Waals surface area contributed by atoms with Gasteiger partial charge in [0.15, 0.2) is 0 Å². The number of alkyl halides is 3. The Labute approximate surface area is 157 Å². The van der Waals surface area contributed by atoms with Gasteiger partial charge in [-0.3, -0.25) is 14.6 Å². The van der Waals surface area contributed by atoms with Gasteiger partial charge in [-0.15, -0.1) is 0 Å². The van der Waals surface area contributed by atoms with Gasteiger partial charge in [-0.25, -0.2) is 0 Å². The van der Waals surface area contributed by atoms with E-state index in [9.17, 15) is 28.0 Å². The van der Waals surface area contributed by atoms with Crippen molar-refractivity contribution in [3.05, 3.63) is 41.1 Å². The van der Waals surface area contributed by atoms with Crippen LogP contribution >= 0.6 is 0 Å². The van der Waals surface area contributed by atoms with Gasteiger partial charge in [0.25, 0.3) is 0 Å². The fourth-order valence-corrected chi connectivity index (χ4v) is 3.93. The van der Waals surface area contributed by atoms with E-state index < -0.39 is 23.7 Å². The summed E-state index contributed by atoms with van der Waals surface area (Å²) in [4.78, 5) is 30.3. The van der Waals surface area contributed by atoms with E-state index in [1.165, 1.54) is 6.07 Å². The van der Waals surface area contributed by atoms with Gasteiger partial charge in [0.2, 0.25) is 11.8 Å². The first-order valence-electron chi connectivity index (χ1n) is 8.70. The van der Waals surface area contributed by atoms with E-state index in [1.807, 2.05) is 0 Å². The number of carbonyl (C=O) groups is 2. The molecule has 144 valence electrons. The largest absolute Gasteiger partial charge is 0.416 e. The number of pyridine rings is 1. The third-order valence-corrected chi connectivity index (χ3v) is 5.33. The predicted octanol–water partition coefficient (Wildman–Crippen LogP) is 2.41. The number of nitrogens with two attached hydrogens (primary N) is 1. The van der Waals surface area contributed by atoms with Gasteiger partial charge >= 0.3 is 6.18 Å². The third-order valence-electron chi connectivity index (χ3n) is 5.33. The fourth-order valence-electron chi connectivity index (χ4n) is 3.93. The number of piperidine rings is 1. The summed E-state index contributed by atoms with van der Waals surface area (Å²) in [5.41, 5.74) is 4.68. The molecule has 2 amide bonds. The number of halogens is 3. The van der Waals surface area contributed by atoms with Crippen molar-refractivity contribution >= 4 is 22.7 Å². The van der Waals surface area contributed by atoms with Gasteiger partial charge in [-0.05, 0) is 43.0 Å². The van der Waals surface area contributed by atoms with Crippen LogP contribution in [0.3, 0.4) is 0 Å². The molecule has 2 aliphatic rings. The Balaban J connectivity index is 1.69. The maximum Gasteiger partial charge on any atom is 0.416 e. The summed E-state index contributed by atoms with van der Waals surface area (Å²) in [6.07, 6.45) is -3.19. The Hall–Kier alpha value is -3.15. The Morgan fingerprint density at radius 1 is 1.29 bits per heavy atom. The molecule has 2 heterocycles. The second-order valence-electron chi connectivity index (χ2n) is 7.18. The monoisotopic (exact) mass is 388 g/mol. The lowest BCUT2D eigenvalue weighted by atomic mass is 10.0. The molecule has 0 unspecified atom stereocenters. The molecule has 1 aliphatic heterocycles. The zero-order valence-corrected chi connectivity index (χ0v) is 14.5. The highest BCUT2D eigenvalue weighted by Gasteiger charge is 2.53. The van der Waals surface area contributed by atoms with Crippen LogP contribution in [0.15, 0.2) is 24.3 Å². The number of fused-ring (bicyclic) bond motifs is 2. The molecule has 2 aromatic rings. The van der Waals surface area contributed by atoms with Gasteiger partial charge in [0.1, 0.15) is 6.04 Å². The van der Waals surface area contributed by atoms with E-state index >= 15 is 0 Å². The molecule has 2 N–H and O–H groups in total. The van der Waals surface area contributed by atoms with E-state index in [1.54, 1.807) is 4.90 Å². The second-order valence-corrected chi connectivity index (χ2v) is 7.18. The zero-order chi connectivity index (χ0) is 20.2. The van der Waals surface area contributed by atoms with E-state index in [-0.39, 0.29) is 40.5 Å². The number of aromatic nitrogens is 1. The van der Waals surface area contributed by atoms with Crippen LogP contribution < -0.4 is 5.73 Å². The molecule has 1 aliphatic carbocycles. The third kappa shape index (κ3) is 3.05. The molecule has 9 heteroatoms. The minimum atomic E-state index is -4.57. The molecule has 28 heavy (non-hydrogen) atoms. The van der Waals surface area contributed by atoms with Crippen molar-refractivity contribution in [3.8, 4) is 6.07 Å². The van der Waals surface area contributed by atoms with Crippen LogP contribution in [-0.4, -0.2) is 33.8 Å². The molecular formula is C19H15F3N4O2. The molecule has 6 nitrogen and oxygen atoms in total. The number of rotatable bonds is 3. The van der Waals surface area contributed by atoms with E-state index in [0.717, 1.165) is 24.6 Å². The predicted molar refractivity (Wildman–Crippen MR) is 91.7 cm³/mol. The van der Waals surface area contributed by atoms with Crippen LogP contribution in [0.25, 0.3) is 10.9 Å². The van der Waals surface area contributed by atoms with Gasteiger partial charge in [-0.1, -0.05) is 0 Å². The van der Waals surface area contributed by atoms with Gasteiger partial charge < -0.3 is 10.6 Å². The highest BCUT2D eigenvalue weighted by atomic mass is 19.4. The Kier molecular flexibility index (Phi) is 4.03. The molecule has 1 saturated carbocycles. The summed E-state index contributed by atoms with van der Waals surface area (Å²) in [5.74, 6) is -0.829. The van der Waals surface area contributed by atoms with Crippen LogP contribution in [0.1, 0.15) is 34.5 Å². The lowest BCUT2D eigenvalue weighted by Crippen LogP contribution is -2.38. The van der Waals surface area contributed by atoms with Gasteiger partial charge in [-0.2, -0.15) is 18.4 Å². The average Bonchev–Trinajstić information content (AvgIpc) is 3.29. The number of primary amides is 1. The first-order chi connectivity index (χ1) is 13.2. The molecule has 0 bridgehead atoms. The van der Waals surface area contributed by atoms with Crippen LogP contribution in [-0.2, 0) is 17.4 Å². The molecule has 1 aromatic heterocycles. The summed E-state index contributed by atoms with van der Waals surface area (Å²) in [6.45, 7) is 0.